The SMILES string of the molecule is NCC(Cc1ccccc1)n1cc(-c2ccc3cnccc3c2)nn1. The molecule has 0 aliphatic carbocycles. The molecule has 124 valence electrons. The van der Waals surface area contributed by atoms with Crippen molar-refractivity contribution in [3.05, 3.63) is 78.8 Å². The highest BCUT2D eigenvalue weighted by Gasteiger charge is 2.13. The number of pyridine rings is 1. The van der Waals surface area contributed by atoms with Gasteiger partial charge in [0.25, 0.3) is 0 Å². The first kappa shape index (κ1) is 15.5. The number of nitrogens with zero attached hydrogens (tertiary/aromatic N) is 4. The van der Waals surface area contributed by atoms with Crippen LogP contribution in [0.2, 0.25) is 0 Å². The summed E-state index contributed by atoms with van der Waals surface area (Å²) in [6, 6.07) is 18.6. The van der Waals surface area contributed by atoms with E-state index in [4.69, 9.17) is 5.73 Å². The van der Waals surface area contributed by atoms with Crippen LogP contribution in [-0.2, 0) is 6.42 Å². The molecule has 0 saturated carbocycles. The van der Waals surface area contributed by atoms with E-state index in [1.807, 2.05) is 47.4 Å². The van der Waals surface area contributed by atoms with Gasteiger partial charge in [-0.2, -0.15) is 0 Å². The third-order valence-corrected chi connectivity index (χ3v) is 4.41. The summed E-state index contributed by atoms with van der Waals surface area (Å²) in [5.41, 5.74) is 9.12. The van der Waals surface area contributed by atoms with Gasteiger partial charge in [0.05, 0.1) is 12.2 Å². The van der Waals surface area contributed by atoms with Crippen molar-refractivity contribution < 1.29 is 0 Å². The highest BCUT2D eigenvalue weighted by atomic mass is 15.4. The molecule has 0 spiro atoms. The Balaban J connectivity index is 1.61. The lowest BCUT2D eigenvalue weighted by molar-refractivity contribution is 0.448. The Morgan fingerprint density at radius 1 is 1.00 bits per heavy atom. The maximum Gasteiger partial charge on any atom is 0.113 e. The lowest BCUT2D eigenvalue weighted by Gasteiger charge is -2.14. The fraction of sp³-hybridized carbons (Fsp3) is 0.150. The summed E-state index contributed by atoms with van der Waals surface area (Å²) in [6.45, 7) is 0.515. The number of rotatable bonds is 5. The number of nitrogens with two attached hydrogens (primary N) is 1. The van der Waals surface area contributed by atoms with Crippen LogP contribution < -0.4 is 5.73 Å². The van der Waals surface area contributed by atoms with E-state index in [0.29, 0.717) is 6.54 Å². The van der Waals surface area contributed by atoms with Gasteiger partial charge in [-0.15, -0.1) is 5.10 Å². The molecular weight excluding hydrogens is 310 g/mol. The van der Waals surface area contributed by atoms with Crippen LogP contribution in [0.5, 0.6) is 0 Å². The van der Waals surface area contributed by atoms with Gasteiger partial charge < -0.3 is 5.73 Å². The summed E-state index contributed by atoms with van der Waals surface area (Å²) >= 11 is 0. The molecule has 2 N–H and O–H groups in total. The minimum atomic E-state index is 0.0910. The zero-order valence-corrected chi connectivity index (χ0v) is 13.8. The minimum absolute atomic E-state index is 0.0910. The first-order valence-corrected chi connectivity index (χ1v) is 8.33. The maximum absolute atomic E-state index is 5.98. The van der Waals surface area contributed by atoms with Crippen LogP contribution in [0.15, 0.2) is 73.2 Å². The lowest BCUT2D eigenvalue weighted by atomic mass is 10.1. The Kier molecular flexibility index (Phi) is 4.23. The normalized spacial score (nSPS) is 12.4. The van der Waals surface area contributed by atoms with Gasteiger partial charge in [-0.05, 0) is 29.5 Å². The van der Waals surface area contributed by atoms with Crippen LogP contribution in [0.4, 0.5) is 0 Å². The van der Waals surface area contributed by atoms with E-state index in [2.05, 4.69) is 39.6 Å². The first-order chi connectivity index (χ1) is 12.3. The van der Waals surface area contributed by atoms with Crippen molar-refractivity contribution in [1.29, 1.82) is 0 Å². The van der Waals surface area contributed by atoms with Crippen molar-refractivity contribution in [3.8, 4) is 11.3 Å². The molecule has 5 heteroatoms. The number of benzene rings is 2. The second-order valence-electron chi connectivity index (χ2n) is 6.10. The van der Waals surface area contributed by atoms with Crippen LogP contribution in [-0.4, -0.2) is 26.5 Å². The van der Waals surface area contributed by atoms with Crippen LogP contribution in [0, 0.1) is 0 Å². The van der Waals surface area contributed by atoms with E-state index in [9.17, 15) is 0 Å². The van der Waals surface area contributed by atoms with Crippen LogP contribution in [0.25, 0.3) is 22.0 Å². The molecule has 0 aliphatic rings. The van der Waals surface area contributed by atoms with Crippen molar-refractivity contribution in [2.45, 2.75) is 12.5 Å². The smallest absolute Gasteiger partial charge is 0.113 e. The van der Waals surface area contributed by atoms with E-state index in [1.165, 1.54) is 5.56 Å². The zero-order valence-electron chi connectivity index (χ0n) is 13.8. The Hall–Kier alpha value is -3.05. The topological polar surface area (TPSA) is 69.6 Å². The van der Waals surface area contributed by atoms with E-state index in [1.54, 1.807) is 6.20 Å². The van der Waals surface area contributed by atoms with Crippen molar-refractivity contribution in [2.24, 2.45) is 5.73 Å². The molecule has 0 bridgehead atoms. The molecule has 25 heavy (non-hydrogen) atoms. The average molecular weight is 329 g/mol. The van der Waals surface area contributed by atoms with Gasteiger partial charge in [-0.3, -0.25) is 4.98 Å². The summed E-state index contributed by atoms with van der Waals surface area (Å²) in [5, 5.41) is 10.9. The quantitative estimate of drug-likeness (QED) is 0.610. The minimum Gasteiger partial charge on any atom is -0.328 e. The standard InChI is InChI=1S/C20H19N5/c21-12-19(10-15-4-2-1-3-5-15)25-14-20(23-24-25)17-6-7-18-13-22-9-8-16(18)11-17/h1-9,11,13-14,19H,10,12,21H2. The summed E-state index contributed by atoms with van der Waals surface area (Å²) in [4.78, 5) is 4.15. The molecule has 0 amide bonds. The van der Waals surface area contributed by atoms with Crippen molar-refractivity contribution in [2.75, 3.05) is 6.54 Å². The molecule has 0 saturated heterocycles. The highest BCUT2D eigenvalue weighted by molar-refractivity contribution is 5.85. The van der Waals surface area contributed by atoms with Gasteiger partial charge in [0.1, 0.15) is 5.69 Å². The molecule has 4 rings (SSSR count). The molecule has 0 aliphatic heterocycles. The van der Waals surface area contributed by atoms with Gasteiger partial charge in [-0.25, -0.2) is 4.68 Å². The molecule has 4 aromatic rings. The van der Waals surface area contributed by atoms with E-state index in [0.717, 1.165) is 28.5 Å². The van der Waals surface area contributed by atoms with Crippen LogP contribution in [0.1, 0.15) is 11.6 Å². The Morgan fingerprint density at radius 3 is 2.72 bits per heavy atom. The van der Waals surface area contributed by atoms with E-state index in [-0.39, 0.29) is 6.04 Å². The summed E-state index contributed by atoms with van der Waals surface area (Å²) in [5.74, 6) is 0. The molecule has 0 fully saturated rings. The number of fused-ring (bicyclic) bond motifs is 1. The first-order valence-electron chi connectivity index (χ1n) is 8.33. The third-order valence-electron chi connectivity index (χ3n) is 4.41. The third kappa shape index (κ3) is 3.27. The van der Waals surface area contributed by atoms with Gasteiger partial charge in [0.15, 0.2) is 0 Å². The summed E-state index contributed by atoms with van der Waals surface area (Å²) in [7, 11) is 0. The van der Waals surface area contributed by atoms with Gasteiger partial charge in [-0.1, -0.05) is 47.7 Å². The number of aromatic nitrogens is 4. The molecule has 2 aromatic heterocycles. The van der Waals surface area contributed by atoms with Crippen molar-refractivity contribution in [1.82, 2.24) is 20.0 Å². The van der Waals surface area contributed by atoms with Crippen LogP contribution in [0.3, 0.4) is 0 Å². The number of hydrogen-bond donors (Lipinski definition) is 1. The predicted molar refractivity (Wildman–Crippen MR) is 99.0 cm³/mol. The Labute approximate surface area is 146 Å². The molecule has 1 atom stereocenters. The number of hydrogen-bond acceptors (Lipinski definition) is 4. The van der Waals surface area contributed by atoms with Crippen molar-refractivity contribution >= 4 is 10.8 Å². The molecule has 0 radical (unpaired) electrons. The Morgan fingerprint density at radius 2 is 1.88 bits per heavy atom. The molecule has 5 nitrogen and oxygen atoms in total. The molecule has 1 unspecified atom stereocenters. The monoisotopic (exact) mass is 329 g/mol. The molecule has 2 heterocycles. The summed E-state index contributed by atoms with van der Waals surface area (Å²) < 4.78 is 1.87. The highest BCUT2D eigenvalue weighted by Crippen LogP contribution is 2.23. The lowest BCUT2D eigenvalue weighted by Crippen LogP contribution is -2.22. The molecular formula is C20H19N5. The Bertz CT molecular complexity index is 977. The van der Waals surface area contributed by atoms with E-state index >= 15 is 0 Å². The second kappa shape index (κ2) is 6.83. The largest absolute Gasteiger partial charge is 0.328 e. The fourth-order valence-electron chi connectivity index (χ4n) is 3.00. The maximum atomic E-state index is 5.98. The fourth-order valence-corrected chi connectivity index (χ4v) is 3.00. The zero-order chi connectivity index (χ0) is 17.1. The van der Waals surface area contributed by atoms with Gasteiger partial charge in [0, 0.05) is 29.9 Å². The van der Waals surface area contributed by atoms with Gasteiger partial charge >= 0.3 is 0 Å². The average Bonchev–Trinajstić information content (AvgIpc) is 3.16. The van der Waals surface area contributed by atoms with Crippen molar-refractivity contribution in [3.63, 3.8) is 0 Å². The summed E-state index contributed by atoms with van der Waals surface area (Å²) in [6.07, 6.45) is 6.47. The van der Waals surface area contributed by atoms with Gasteiger partial charge in [0.2, 0.25) is 0 Å². The molecule has 2 aromatic carbocycles. The van der Waals surface area contributed by atoms with E-state index < -0.39 is 0 Å². The van der Waals surface area contributed by atoms with Crippen LogP contribution >= 0.6 is 0 Å². The second-order valence-corrected chi connectivity index (χ2v) is 6.10. The predicted octanol–water partition coefficient (Wildman–Crippen LogP) is 3.24.